The molecule has 1 unspecified atom stereocenters. The maximum absolute atomic E-state index is 12.6. The number of fused-ring (bicyclic) bond motifs is 1. The summed E-state index contributed by atoms with van der Waals surface area (Å²) in [4.78, 5) is 47.2. The Hall–Kier alpha value is -3.91. The van der Waals surface area contributed by atoms with E-state index >= 15 is 0 Å². The minimum atomic E-state index is -0.208. The smallest absolute Gasteiger partial charge is 0.248 e. The normalized spacial score (nSPS) is 18.7. The molecule has 1 aliphatic carbocycles. The number of nitrogens with zero attached hydrogens (tertiary/aromatic N) is 3. The Kier molecular flexibility index (Phi) is 7.60. The van der Waals surface area contributed by atoms with Crippen LogP contribution in [0.4, 0.5) is 11.5 Å². The summed E-state index contributed by atoms with van der Waals surface area (Å²) in [5.74, 6) is 0.110. The minimum Gasteiger partial charge on any atom is -0.363 e. The van der Waals surface area contributed by atoms with E-state index in [0.29, 0.717) is 30.9 Å². The second-order valence-corrected chi connectivity index (χ2v) is 10.4. The summed E-state index contributed by atoms with van der Waals surface area (Å²) in [6.45, 7) is 4.50. The lowest BCUT2D eigenvalue weighted by molar-refractivity contribution is -0.142. The fourth-order valence-corrected chi connectivity index (χ4v) is 5.45. The van der Waals surface area contributed by atoms with E-state index in [-0.39, 0.29) is 28.9 Å². The number of carbonyl (C=O) groups is 3. The summed E-state index contributed by atoms with van der Waals surface area (Å²) >= 11 is 0. The van der Waals surface area contributed by atoms with Crippen molar-refractivity contribution in [1.29, 1.82) is 0 Å². The van der Waals surface area contributed by atoms with Crippen LogP contribution in [0.15, 0.2) is 67.0 Å². The molecule has 1 aliphatic heterocycles. The fourth-order valence-electron chi connectivity index (χ4n) is 5.45. The van der Waals surface area contributed by atoms with E-state index in [1.54, 1.807) is 6.08 Å². The lowest BCUT2D eigenvalue weighted by atomic mass is 9.67. The van der Waals surface area contributed by atoms with Crippen LogP contribution in [0.5, 0.6) is 0 Å². The maximum atomic E-state index is 12.6. The molecule has 2 aromatic carbocycles. The molecule has 1 aromatic heterocycles. The molecular formula is C30H33N5O3. The number of amides is 1. The van der Waals surface area contributed by atoms with Gasteiger partial charge in [-0.3, -0.25) is 19.3 Å². The van der Waals surface area contributed by atoms with Crippen molar-refractivity contribution in [3.05, 3.63) is 72.6 Å². The number of rotatable bonds is 7. The Bertz CT molecular complexity index is 1360. The molecular weight excluding hydrogens is 478 g/mol. The molecule has 38 heavy (non-hydrogen) atoms. The van der Waals surface area contributed by atoms with Crippen LogP contribution in [0.1, 0.15) is 50.6 Å². The molecule has 0 bridgehead atoms. The monoisotopic (exact) mass is 511 g/mol. The molecule has 196 valence electrons. The van der Waals surface area contributed by atoms with E-state index < -0.39 is 0 Å². The lowest BCUT2D eigenvalue weighted by Crippen LogP contribution is -2.44. The highest BCUT2D eigenvalue weighted by Crippen LogP contribution is 2.42. The predicted molar refractivity (Wildman–Crippen MR) is 148 cm³/mol. The third-order valence-corrected chi connectivity index (χ3v) is 7.83. The largest absolute Gasteiger partial charge is 0.363 e. The van der Waals surface area contributed by atoms with Crippen LogP contribution in [0.2, 0.25) is 0 Å². The zero-order valence-electron chi connectivity index (χ0n) is 21.7. The number of anilines is 2. The Balaban J connectivity index is 1.16. The number of ketones is 2. The van der Waals surface area contributed by atoms with Crippen molar-refractivity contribution in [3.8, 4) is 0 Å². The topological polar surface area (TPSA) is 104 Å². The van der Waals surface area contributed by atoms with E-state index in [4.69, 9.17) is 0 Å². The SMILES string of the molecule is CC(Nc1ncnc2ccc(NC(=O)C=CCN3CCC4(CCC(=O)C(=O)C4)CC3)cc12)c1ccccc1. The Labute approximate surface area is 222 Å². The van der Waals surface area contributed by atoms with E-state index in [1.807, 2.05) is 42.5 Å². The number of nitrogens with one attached hydrogen (secondary N) is 2. The number of hydrogen-bond acceptors (Lipinski definition) is 7. The van der Waals surface area contributed by atoms with Gasteiger partial charge in [0.1, 0.15) is 12.1 Å². The van der Waals surface area contributed by atoms with E-state index in [2.05, 4.69) is 44.6 Å². The zero-order valence-corrected chi connectivity index (χ0v) is 21.7. The zero-order chi connectivity index (χ0) is 26.5. The molecule has 8 nitrogen and oxygen atoms in total. The predicted octanol–water partition coefficient (Wildman–Crippen LogP) is 4.70. The number of Topliss-reactive ketones (excluding diaryl/α,β-unsaturated/α-hetero) is 2. The molecule has 3 aromatic rings. The first kappa shape index (κ1) is 25.7. The van der Waals surface area contributed by atoms with Gasteiger partial charge >= 0.3 is 0 Å². The van der Waals surface area contributed by atoms with Crippen LogP contribution in [0.25, 0.3) is 10.9 Å². The molecule has 1 amide bonds. The van der Waals surface area contributed by atoms with Crippen LogP contribution in [-0.2, 0) is 14.4 Å². The highest BCUT2D eigenvalue weighted by atomic mass is 16.2. The Morgan fingerprint density at radius 2 is 1.84 bits per heavy atom. The van der Waals surface area contributed by atoms with Gasteiger partial charge in [0.15, 0.2) is 11.6 Å². The van der Waals surface area contributed by atoms with Crippen LogP contribution >= 0.6 is 0 Å². The van der Waals surface area contributed by atoms with Gasteiger partial charge in [-0.25, -0.2) is 9.97 Å². The van der Waals surface area contributed by atoms with Crippen molar-refractivity contribution >= 4 is 39.9 Å². The van der Waals surface area contributed by atoms with Crippen LogP contribution in [0.3, 0.4) is 0 Å². The average molecular weight is 512 g/mol. The summed E-state index contributed by atoms with van der Waals surface area (Å²) < 4.78 is 0. The molecule has 2 aliphatic rings. The van der Waals surface area contributed by atoms with Gasteiger partial charge < -0.3 is 10.6 Å². The summed E-state index contributed by atoms with van der Waals surface area (Å²) in [7, 11) is 0. The molecule has 1 saturated heterocycles. The lowest BCUT2D eigenvalue weighted by Gasteiger charge is -2.43. The number of likely N-dealkylation sites (tertiary alicyclic amines) is 1. The van der Waals surface area contributed by atoms with Crippen molar-refractivity contribution in [3.63, 3.8) is 0 Å². The van der Waals surface area contributed by atoms with Gasteiger partial charge in [-0.15, -0.1) is 0 Å². The van der Waals surface area contributed by atoms with Crippen LogP contribution < -0.4 is 10.6 Å². The van der Waals surface area contributed by atoms with E-state index in [9.17, 15) is 14.4 Å². The van der Waals surface area contributed by atoms with Gasteiger partial charge in [0.25, 0.3) is 0 Å². The molecule has 2 fully saturated rings. The average Bonchev–Trinajstić information content (AvgIpc) is 2.93. The van der Waals surface area contributed by atoms with Gasteiger partial charge in [-0.1, -0.05) is 36.4 Å². The fraction of sp³-hybridized carbons (Fsp3) is 0.367. The van der Waals surface area contributed by atoms with Crippen molar-refractivity contribution < 1.29 is 14.4 Å². The van der Waals surface area contributed by atoms with Gasteiger partial charge in [0.05, 0.1) is 5.52 Å². The highest BCUT2D eigenvalue weighted by molar-refractivity contribution is 6.37. The standard InChI is InChI=1S/C30H33N5O3/c1-21(22-6-3-2-4-7-22)33-29-24-18-23(9-10-25(24)31-20-32-29)34-28(38)8-5-15-35-16-13-30(14-17-35)12-11-26(36)27(37)19-30/h2-10,18,20-21H,11-17,19H2,1H3,(H,34,38)(H,31,32,33). The molecule has 8 heteroatoms. The Morgan fingerprint density at radius 1 is 1.05 bits per heavy atom. The molecule has 1 saturated carbocycles. The van der Waals surface area contributed by atoms with Crippen molar-refractivity contribution in [1.82, 2.24) is 14.9 Å². The van der Waals surface area contributed by atoms with Crippen molar-refractivity contribution in [2.45, 2.75) is 45.1 Å². The number of benzene rings is 2. The van der Waals surface area contributed by atoms with Gasteiger partial charge in [0, 0.05) is 42.6 Å². The van der Waals surface area contributed by atoms with Crippen LogP contribution in [0, 0.1) is 5.41 Å². The van der Waals surface area contributed by atoms with Gasteiger partial charge in [0.2, 0.25) is 5.91 Å². The van der Waals surface area contributed by atoms with Crippen molar-refractivity contribution in [2.24, 2.45) is 5.41 Å². The minimum absolute atomic E-state index is 0.00498. The quantitative estimate of drug-likeness (QED) is 0.350. The first-order valence-corrected chi connectivity index (χ1v) is 13.2. The molecule has 2 N–H and O–H groups in total. The molecule has 1 spiro atoms. The highest BCUT2D eigenvalue weighted by Gasteiger charge is 2.41. The third-order valence-electron chi connectivity index (χ3n) is 7.83. The summed E-state index contributed by atoms with van der Waals surface area (Å²) in [5.41, 5.74) is 2.62. The first-order chi connectivity index (χ1) is 18.4. The molecule has 0 radical (unpaired) electrons. The van der Waals surface area contributed by atoms with Crippen molar-refractivity contribution in [2.75, 3.05) is 30.3 Å². The summed E-state index contributed by atoms with van der Waals surface area (Å²) in [5, 5.41) is 7.24. The van der Waals surface area contributed by atoms with Gasteiger partial charge in [-0.2, -0.15) is 0 Å². The number of carbonyl (C=O) groups excluding carboxylic acids is 3. The van der Waals surface area contributed by atoms with Crippen LogP contribution in [-0.4, -0.2) is 52.0 Å². The summed E-state index contributed by atoms with van der Waals surface area (Å²) in [6, 6.07) is 15.8. The van der Waals surface area contributed by atoms with E-state index in [1.165, 1.54) is 6.33 Å². The van der Waals surface area contributed by atoms with Gasteiger partial charge in [-0.05, 0) is 68.5 Å². The second-order valence-electron chi connectivity index (χ2n) is 10.4. The third kappa shape index (κ3) is 5.97. The maximum Gasteiger partial charge on any atom is 0.248 e. The molecule has 2 heterocycles. The number of hydrogen-bond donors (Lipinski definition) is 2. The first-order valence-electron chi connectivity index (χ1n) is 13.2. The molecule has 5 rings (SSSR count). The molecule has 1 atom stereocenters. The Morgan fingerprint density at radius 3 is 2.61 bits per heavy atom. The summed E-state index contributed by atoms with van der Waals surface area (Å²) in [6.07, 6.45) is 8.44. The van der Waals surface area contributed by atoms with E-state index in [0.717, 1.165) is 48.8 Å². The number of aromatic nitrogens is 2. The number of piperidine rings is 1. The second kappa shape index (κ2) is 11.2.